The molecular formula is C27H38N6OS. The van der Waals surface area contributed by atoms with Crippen molar-refractivity contribution in [1.29, 1.82) is 0 Å². The number of hydrogen-bond acceptors (Lipinski definition) is 8. The van der Waals surface area contributed by atoms with Crippen LogP contribution in [-0.2, 0) is 4.74 Å². The van der Waals surface area contributed by atoms with Crippen molar-refractivity contribution in [3.63, 3.8) is 0 Å². The van der Waals surface area contributed by atoms with E-state index in [1.807, 2.05) is 0 Å². The van der Waals surface area contributed by atoms with Gasteiger partial charge >= 0.3 is 0 Å². The number of anilines is 2. The van der Waals surface area contributed by atoms with Crippen LogP contribution in [0, 0.1) is 5.92 Å². The molecule has 4 heterocycles. The molecule has 8 heteroatoms. The summed E-state index contributed by atoms with van der Waals surface area (Å²) in [5.41, 5.74) is 2.48. The van der Waals surface area contributed by atoms with Gasteiger partial charge in [-0.2, -0.15) is 4.98 Å². The fraction of sp³-hybridized carbons (Fsp3) is 0.556. The van der Waals surface area contributed by atoms with Gasteiger partial charge in [0.2, 0.25) is 5.95 Å². The predicted molar refractivity (Wildman–Crippen MR) is 147 cm³/mol. The van der Waals surface area contributed by atoms with Gasteiger partial charge in [-0.3, -0.25) is 0 Å². The summed E-state index contributed by atoms with van der Waals surface area (Å²) in [6, 6.07) is 10.7. The highest BCUT2D eigenvalue weighted by atomic mass is 32.1. The van der Waals surface area contributed by atoms with Crippen LogP contribution >= 0.6 is 11.3 Å². The fourth-order valence-electron chi connectivity index (χ4n) is 5.22. The van der Waals surface area contributed by atoms with Crippen molar-refractivity contribution in [1.82, 2.24) is 20.2 Å². The zero-order valence-corrected chi connectivity index (χ0v) is 21.7. The number of methoxy groups -OCH3 is 1. The largest absolute Gasteiger partial charge is 0.383 e. The average Bonchev–Trinajstić information content (AvgIpc) is 3.57. The van der Waals surface area contributed by atoms with Crippen LogP contribution in [0.2, 0.25) is 0 Å². The molecule has 0 bridgehead atoms. The minimum absolute atomic E-state index is 0.703. The van der Waals surface area contributed by atoms with Crippen molar-refractivity contribution in [2.24, 2.45) is 5.92 Å². The lowest BCUT2D eigenvalue weighted by atomic mass is 9.96. The molecule has 3 aromatic rings. The van der Waals surface area contributed by atoms with Gasteiger partial charge < -0.3 is 25.2 Å². The summed E-state index contributed by atoms with van der Waals surface area (Å²) >= 11 is 1.73. The normalized spacial score (nSPS) is 17.5. The Morgan fingerprint density at radius 1 is 1.03 bits per heavy atom. The number of ether oxygens (including phenoxy) is 1. The van der Waals surface area contributed by atoms with E-state index in [0.717, 1.165) is 62.5 Å². The summed E-state index contributed by atoms with van der Waals surface area (Å²) in [4.78, 5) is 16.1. The molecule has 7 nitrogen and oxygen atoms in total. The van der Waals surface area contributed by atoms with E-state index >= 15 is 0 Å². The molecule has 2 N–H and O–H groups in total. The summed E-state index contributed by atoms with van der Waals surface area (Å²) in [5.74, 6) is 2.55. The Kier molecular flexibility index (Phi) is 8.46. The highest BCUT2D eigenvalue weighted by molar-refractivity contribution is 7.17. The van der Waals surface area contributed by atoms with Crippen molar-refractivity contribution in [3.8, 4) is 11.1 Å². The summed E-state index contributed by atoms with van der Waals surface area (Å²) in [6.07, 6.45) is 4.99. The van der Waals surface area contributed by atoms with Gasteiger partial charge in [-0.15, -0.1) is 11.3 Å². The van der Waals surface area contributed by atoms with E-state index in [2.05, 4.69) is 56.1 Å². The Balaban J connectivity index is 1.35. The van der Waals surface area contributed by atoms with E-state index in [1.54, 1.807) is 18.4 Å². The third-order valence-corrected chi connectivity index (χ3v) is 8.11. The molecule has 2 aromatic heterocycles. The van der Waals surface area contributed by atoms with Crippen molar-refractivity contribution in [3.05, 3.63) is 35.7 Å². The Morgan fingerprint density at radius 3 is 2.60 bits per heavy atom. The molecule has 1 aromatic carbocycles. The maximum atomic E-state index is 5.16. The number of nitrogens with zero attached hydrogens (tertiary/aromatic N) is 4. The van der Waals surface area contributed by atoms with Crippen LogP contribution in [-0.4, -0.2) is 80.9 Å². The Morgan fingerprint density at radius 2 is 1.83 bits per heavy atom. The first kappa shape index (κ1) is 24.4. The molecule has 0 atom stereocenters. The van der Waals surface area contributed by atoms with Crippen LogP contribution in [0.1, 0.15) is 25.7 Å². The number of fused-ring (bicyclic) bond motifs is 1. The Bertz CT molecular complexity index is 1060. The van der Waals surface area contributed by atoms with E-state index in [-0.39, 0.29) is 0 Å². The van der Waals surface area contributed by atoms with Crippen LogP contribution < -0.4 is 15.5 Å². The number of benzene rings is 1. The summed E-state index contributed by atoms with van der Waals surface area (Å²) < 4.78 is 5.16. The second-order valence-corrected chi connectivity index (χ2v) is 10.5. The van der Waals surface area contributed by atoms with Gasteiger partial charge in [-0.25, -0.2) is 4.98 Å². The molecule has 0 unspecified atom stereocenters. The second-order valence-electron chi connectivity index (χ2n) is 9.67. The highest BCUT2D eigenvalue weighted by Crippen LogP contribution is 2.39. The van der Waals surface area contributed by atoms with Gasteiger partial charge in [0, 0.05) is 50.8 Å². The topological polar surface area (TPSA) is 65.6 Å². The number of rotatable bonds is 11. The quantitative estimate of drug-likeness (QED) is 0.385. The van der Waals surface area contributed by atoms with Crippen molar-refractivity contribution in [2.45, 2.75) is 25.7 Å². The number of piperidine rings is 1. The minimum atomic E-state index is 0.703. The van der Waals surface area contributed by atoms with E-state index in [9.17, 15) is 0 Å². The molecule has 5 rings (SSSR count). The van der Waals surface area contributed by atoms with E-state index < -0.39 is 0 Å². The second kappa shape index (κ2) is 12.1. The maximum absolute atomic E-state index is 5.16. The Labute approximate surface area is 212 Å². The van der Waals surface area contributed by atoms with Gasteiger partial charge in [0.15, 0.2) is 0 Å². The van der Waals surface area contributed by atoms with Gasteiger partial charge in [-0.05, 0) is 56.8 Å². The third kappa shape index (κ3) is 6.12. The third-order valence-electron chi connectivity index (χ3n) is 7.24. The van der Waals surface area contributed by atoms with Crippen molar-refractivity contribution in [2.75, 3.05) is 76.3 Å². The molecule has 2 saturated heterocycles. The first-order valence-electron chi connectivity index (χ1n) is 13.1. The molecular weight excluding hydrogens is 456 g/mol. The monoisotopic (exact) mass is 494 g/mol. The molecule has 2 fully saturated rings. The first-order valence-corrected chi connectivity index (χ1v) is 14.0. The fourth-order valence-corrected chi connectivity index (χ4v) is 6.16. The van der Waals surface area contributed by atoms with Crippen LogP contribution in [0.25, 0.3) is 21.3 Å². The molecule has 2 aliphatic heterocycles. The van der Waals surface area contributed by atoms with E-state index in [0.29, 0.717) is 5.92 Å². The number of hydrogen-bond donors (Lipinski definition) is 2. The lowest BCUT2D eigenvalue weighted by Crippen LogP contribution is -2.38. The molecule has 35 heavy (non-hydrogen) atoms. The number of thiophene rings is 1. The van der Waals surface area contributed by atoms with Gasteiger partial charge in [-0.1, -0.05) is 30.3 Å². The summed E-state index contributed by atoms with van der Waals surface area (Å²) in [6.45, 7) is 9.18. The Hall–Kier alpha value is -2.26. The molecule has 0 radical (unpaired) electrons. The first-order chi connectivity index (χ1) is 17.3. The van der Waals surface area contributed by atoms with Crippen LogP contribution in [0.5, 0.6) is 0 Å². The summed E-state index contributed by atoms with van der Waals surface area (Å²) in [7, 11) is 1.76. The van der Waals surface area contributed by atoms with Gasteiger partial charge in [0.1, 0.15) is 10.6 Å². The van der Waals surface area contributed by atoms with Crippen molar-refractivity contribution >= 4 is 33.3 Å². The molecule has 0 spiro atoms. The van der Waals surface area contributed by atoms with E-state index in [1.165, 1.54) is 55.3 Å². The van der Waals surface area contributed by atoms with Crippen LogP contribution in [0.3, 0.4) is 0 Å². The lowest BCUT2D eigenvalue weighted by molar-refractivity contribution is 0.197. The zero-order valence-electron chi connectivity index (χ0n) is 20.8. The maximum Gasteiger partial charge on any atom is 0.226 e. The average molecular weight is 495 g/mol. The molecule has 0 aliphatic carbocycles. The molecule has 2 aliphatic rings. The van der Waals surface area contributed by atoms with Gasteiger partial charge in [0.05, 0.1) is 12.0 Å². The smallest absolute Gasteiger partial charge is 0.226 e. The molecule has 188 valence electrons. The van der Waals surface area contributed by atoms with Crippen LogP contribution in [0.15, 0.2) is 35.7 Å². The number of nitrogens with one attached hydrogen (secondary N) is 2. The van der Waals surface area contributed by atoms with Gasteiger partial charge in [0.25, 0.3) is 0 Å². The van der Waals surface area contributed by atoms with Crippen molar-refractivity contribution < 1.29 is 4.74 Å². The lowest BCUT2D eigenvalue weighted by Gasteiger charge is -2.33. The highest BCUT2D eigenvalue weighted by Gasteiger charge is 2.25. The van der Waals surface area contributed by atoms with E-state index in [4.69, 9.17) is 14.7 Å². The molecule has 0 saturated carbocycles. The number of aromatic nitrogens is 2. The summed E-state index contributed by atoms with van der Waals surface area (Å²) in [5, 5.41) is 10.5. The predicted octanol–water partition coefficient (Wildman–Crippen LogP) is 4.32. The van der Waals surface area contributed by atoms with Crippen LogP contribution in [0.4, 0.5) is 11.8 Å². The standard InChI is InChI=1S/C27H38N6OS/c1-34-18-12-28-19-21-9-15-33(16-10-21)25-24-23(22-7-3-2-4-8-22)20-35-26(24)31-27(30-25)29-11-17-32-13-5-6-14-32/h2-4,7-8,20-21,28H,5-6,9-19H2,1H3,(H,29,30,31). The SMILES string of the molecule is COCCNCC1CCN(c2nc(NCCN3CCCC3)nc3scc(-c4ccccc4)c23)CC1. The minimum Gasteiger partial charge on any atom is -0.383 e. The molecule has 0 amide bonds. The number of likely N-dealkylation sites (tertiary alicyclic amines) is 1. The zero-order chi connectivity index (χ0) is 23.9.